The van der Waals surface area contributed by atoms with Crippen LogP contribution in [0.25, 0.3) is 0 Å². The summed E-state index contributed by atoms with van der Waals surface area (Å²) in [4.78, 5) is 24.2. The first kappa shape index (κ1) is 17.3. The minimum atomic E-state index is -0.534. The van der Waals surface area contributed by atoms with Gasteiger partial charge in [-0.2, -0.15) is 0 Å². The number of hydrogen-bond acceptors (Lipinski definition) is 3. The van der Waals surface area contributed by atoms with Crippen molar-refractivity contribution >= 4 is 12.0 Å². The van der Waals surface area contributed by atoms with Crippen LogP contribution < -0.4 is 10.6 Å². The molecule has 1 aliphatic rings. The van der Waals surface area contributed by atoms with Crippen LogP contribution in [0.2, 0.25) is 0 Å². The Morgan fingerprint density at radius 1 is 1.17 bits per heavy atom. The molecule has 5 heteroatoms. The van der Waals surface area contributed by atoms with Crippen LogP contribution in [-0.2, 0) is 9.53 Å². The lowest BCUT2D eigenvalue weighted by molar-refractivity contribution is -0.129. The number of ether oxygens (including phenoxy) is 1. The molecule has 0 aromatic heterocycles. The van der Waals surface area contributed by atoms with Crippen LogP contribution in [-0.4, -0.2) is 23.6 Å². The van der Waals surface area contributed by atoms with Gasteiger partial charge >= 0.3 is 6.09 Å². The van der Waals surface area contributed by atoms with E-state index in [0.717, 1.165) is 18.4 Å². The van der Waals surface area contributed by atoms with Gasteiger partial charge in [0.15, 0.2) is 0 Å². The zero-order valence-electron chi connectivity index (χ0n) is 14.3. The van der Waals surface area contributed by atoms with Gasteiger partial charge in [-0.3, -0.25) is 4.79 Å². The van der Waals surface area contributed by atoms with Crippen LogP contribution in [0.4, 0.5) is 4.79 Å². The number of carbonyl (C=O) groups excluding carboxylic acids is 2. The second kappa shape index (κ2) is 7.02. The maximum atomic E-state index is 12.4. The summed E-state index contributed by atoms with van der Waals surface area (Å²) >= 11 is 0. The van der Waals surface area contributed by atoms with Crippen molar-refractivity contribution in [2.45, 2.75) is 58.2 Å². The highest BCUT2D eigenvalue weighted by molar-refractivity contribution is 5.81. The molecule has 0 radical (unpaired) electrons. The fourth-order valence-electron chi connectivity index (χ4n) is 2.59. The molecule has 2 amide bonds. The summed E-state index contributed by atoms with van der Waals surface area (Å²) in [5.74, 6) is -0.206. The lowest BCUT2D eigenvalue weighted by Crippen LogP contribution is -2.53. The third kappa shape index (κ3) is 4.98. The zero-order valence-corrected chi connectivity index (χ0v) is 14.3. The molecule has 126 valence electrons. The molecule has 0 bridgehead atoms. The summed E-state index contributed by atoms with van der Waals surface area (Å²) in [6.07, 6.45) is 1.13. The third-order valence-corrected chi connectivity index (χ3v) is 3.97. The van der Waals surface area contributed by atoms with Crippen molar-refractivity contribution in [1.29, 1.82) is 0 Å². The largest absolute Gasteiger partial charge is 0.444 e. The Hall–Kier alpha value is -2.04. The summed E-state index contributed by atoms with van der Waals surface area (Å²) < 4.78 is 5.24. The Labute approximate surface area is 137 Å². The summed E-state index contributed by atoms with van der Waals surface area (Å²) in [5.41, 5.74) is 0.532. The monoisotopic (exact) mass is 318 g/mol. The van der Waals surface area contributed by atoms with E-state index in [0.29, 0.717) is 0 Å². The quantitative estimate of drug-likeness (QED) is 0.896. The molecule has 23 heavy (non-hydrogen) atoms. The molecule has 1 aromatic rings. The van der Waals surface area contributed by atoms with Gasteiger partial charge in [-0.1, -0.05) is 30.3 Å². The number of carbonyl (C=O) groups is 2. The van der Waals surface area contributed by atoms with Crippen molar-refractivity contribution in [3.8, 4) is 0 Å². The molecule has 5 nitrogen and oxygen atoms in total. The van der Waals surface area contributed by atoms with E-state index in [2.05, 4.69) is 10.6 Å². The lowest BCUT2D eigenvalue weighted by Gasteiger charge is -2.36. The number of amides is 2. The topological polar surface area (TPSA) is 67.4 Å². The van der Waals surface area contributed by atoms with E-state index in [1.165, 1.54) is 0 Å². The van der Waals surface area contributed by atoms with Crippen molar-refractivity contribution in [2.24, 2.45) is 5.92 Å². The Balaban J connectivity index is 1.84. The number of hydrogen-bond donors (Lipinski definition) is 2. The van der Waals surface area contributed by atoms with Crippen molar-refractivity contribution in [3.63, 3.8) is 0 Å². The second-order valence-corrected chi connectivity index (χ2v) is 7.08. The smallest absolute Gasteiger partial charge is 0.407 e. The SMILES string of the molecule is C[C@@H](NC(=O)[C@@H]1CC[C@@H]1NC(=O)OC(C)(C)C)c1ccccc1. The van der Waals surface area contributed by atoms with Gasteiger partial charge in [0.2, 0.25) is 5.91 Å². The molecule has 0 saturated heterocycles. The number of nitrogens with one attached hydrogen (secondary N) is 2. The molecule has 1 aliphatic carbocycles. The molecular weight excluding hydrogens is 292 g/mol. The maximum Gasteiger partial charge on any atom is 0.407 e. The molecule has 3 atom stereocenters. The maximum absolute atomic E-state index is 12.4. The van der Waals surface area contributed by atoms with Crippen molar-refractivity contribution in [3.05, 3.63) is 35.9 Å². The normalized spacial score (nSPS) is 21.7. The van der Waals surface area contributed by atoms with Gasteiger partial charge in [-0.05, 0) is 46.1 Å². The molecular formula is C18H26N2O3. The third-order valence-electron chi connectivity index (χ3n) is 3.97. The van der Waals surface area contributed by atoms with Gasteiger partial charge in [-0.25, -0.2) is 4.79 Å². The van der Waals surface area contributed by atoms with Gasteiger partial charge in [0.25, 0.3) is 0 Å². The standard InChI is InChI=1S/C18H26N2O3/c1-12(13-8-6-5-7-9-13)19-16(21)14-10-11-15(14)20-17(22)23-18(2,3)4/h5-9,12,14-15H,10-11H2,1-4H3,(H,19,21)(H,20,22)/t12-,14-,15+/m1/s1. The Bertz CT molecular complexity index is 551. The van der Waals surface area contributed by atoms with E-state index >= 15 is 0 Å². The first-order chi connectivity index (χ1) is 10.8. The molecule has 2 rings (SSSR count). The number of rotatable bonds is 4. The van der Waals surface area contributed by atoms with Crippen molar-refractivity contribution in [1.82, 2.24) is 10.6 Å². The predicted octanol–water partition coefficient (Wildman–Crippen LogP) is 3.17. The summed E-state index contributed by atoms with van der Waals surface area (Å²) in [6, 6.07) is 9.64. The Kier molecular flexibility index (Phi) is 5.29. The molecule has 1 aromatic carbocycles. The Morgan fingerprint density at radius 3 is 2.35 bits per heavy atom. The van der Waals surface area contributed by atoms with Gasteiger partial charge in [0.1, 0.15) is 5.60 Å². The van der Waals surface area contributed by atoms with E-state index in [4.69, 9.17) is 4.74 Å². The molecule has 0 aliphatic heterocycles. The van der Waals surface area contributed by atoms with E-state index in [-0.39, 0.29) is 23.9 Å². The van der Waals surface area contributed by atoms with E-state index in [1.54, 1.807) is 0 Å². The first-order valence-corrected chi connectivity index (χ1v) is 8.11. The van der Waals surface area contributed by atoms with Crippen LogP contribution in [0.5, 0.6) is 0 Å². The minimum Gasteiger partial charge on any atom is -0.444 e. The van der Waals surface area contributed by atoms with Gasteiger partial charge in [-0.15, -0.1) is 0 Å². The average Bonchev–Trinajstić information content (AvgIpc) is 2.42. The number of benzene rings is 1. The number of alkyl carbamates (subject to hydrolysis) is 1. The first-order valence-electron chi connectivity index (χ1n) is 8.11. The van der Waals surface area contributed by atoms with Crippen molar-refractivity contribution < 1.29 is 14.3 Å². The second-order valence-electron chi connectivity index (χ2n) is 7.08. The zero-order chi connectivity index (χ0) is 17.0. The molecule has 1 fully saturated rings. The summed E-state index contributed by atoms with van der Waals surface area (Å²) in [7, 11) is 0. The van der Waals surface area contributed by atoms with Gasteiger partial charge in [0.05, 0.1) is 12.0 Å². The van der Waals surface area contributed by atoms with E-state index in [9.17, 15) is 9.59 Å². The fourth-order valence-corrected chi connectivity index (χ4v) is 2.59. The highest BCUT2D eigenvalue weighted by Gasteiger charge is 2.38. The van der Waals surface area contributed by atoms with Crippen LogP contribution in [0.1, 0.15) is 52.1 Å². The van der Waals surface area contributed by atoms with E-state index < -0.39 is 11.7 Å². The van der Waals surface area contributed by atoms with Gasteiger partial charge in [0, 0.05) is 6.04 Å². The van der Waals surface area contributed by atoms with Crippen LogP contribution in [0, 0.1) is 5.92 Å². The highest BCUT2D eigenvalue weighted by atomic mass is 16.6. The average molecular weight is 318 g/mol. The summed E-state index contributed by atoms with van der Waals surface area (Å²) in [5, 5.41) is 5.81. The molecule has 0 unspecified atom stereocenters. The molecule has 2 N–H and O–H groups in total. The Morgan fingerprint density at radius 2 is 1.83 bits per heavy atom. The van der Waals surface area contributed by atoms with Crippen LogP contribution in [0.15, 0.2) is 30.3 Å². The summed E-state index contributed by atoms with van der Waals surface area (Å²) in [6.45, 7) is 7.42. The fraction of sp³-hybridized carbons (Fsp3) is 0.556. The molecule has 0 spiro atoms. The van der Waals surface area contributed by atoms with E-state index in [1.807, 2.05) is 58.0 Å². The van der Waals surface area contributed by atoms with Crippen molar-refractivity contribution in [2.75, 3.05) is 0 Å². The predicted molar refractivity (Wildman–Crippen MR) is 88.9 cm³/mol. The minimum absolute atomic E-state index is 0.0198. The van der Waals surface area contributed by atoms with Crippen LogP contribution in [0.3, 0.4) is 0 Å². The highest BCUT2D eigenvalue weighted by Crippen LogP contribution is 2.29. The van der Waals surface area contributed by atoms with Crippen LogP contribution >= 0.6 is 0 Å². The van der Waals surface area contributed by atoms with Gasteiger partial charge < -0.3 is 15.4 Å². The lowest BCUT2D eigenvalue weighted by atomic mass is 9.78. The molecule has 0 heterocycles. The molecule has 1 saturated carbocycles.